The molecule has 0 saturated carbocycles. The van der Waals surface area contributed by atoms with Gasteiger partial charge in [-0.05, 0) is 30.7 Å². The maximum absolute atomic E-state index is 13.0. The van der Waals surface area contributed by atoms with Crippen molar-refractivity contribution in [2.75, 3.05) is 0 Å². The Balaban J connectivity index is 2.25. The second-order valence-corrected chi connectivity index (χ2v) is 4.13. The molecule has 0 fully saturated rings. The molecule has 0 N–H and O–H groups in total. The third-order valence-electron chi connectivity index (χ3n) is 2.38. The van der Waals surface area contributed by atoms with E-state index in [1.54, 1.807) is 10.9 Å². The lowest BCUT2D eigenvalue weighted by molar-refractivity contribution is 0.101. The molecule has 1 aromatic carbocycles. The van der Waals surface area contributed by atoms with Crippen molar-refractivity contribution in [3.8, 4) is 0 Å². The van der Waals surface area contributed by atoms with E-state index in [1.807, 2.05) is 0 Å². The highest BCUT2D eigenvalue weighted by atomic mass is 35.5. The van der Waals surface area contributed by atoms with Gasteiger partial charge in [-0.3, -0.25) is 9.48 Å². The van der Waals surface area contributed by atoms with E-state index in [0.717, 1.165) is 0 Å². The van der Waals surface area contributed by atoms with Gasteiger partial charge in [-0.15, -0.1) is 0 Å². The Morgan fingerprint density at radius 2 is 2.29 bits per heavy atom. The Bertz CT molecular complexity index is 565. The first-order chi connectivity index (χ1) is 8.06. The lowest BCUT2D eigenvalue weighted by Crippen LogP contribution is -2.01. The topological polar surface area (TPSA) is 34.9 Å². The number of hydrogen-bond acceptors (Lipinski definition) is 2. The monoisotopic (exact) mass is 252 g/mol. The smallest absolute Gasteiger partial charge is 0.162 e. The van der Waals surface area contributed by atoms with Crippen LogP contribution in [0.2, 0.25) is 5.02 Å². The normalized spacial score (nSPS) is 10.5. The molecule has 88 valence electrons. The van der Waals surface area contributed by atoms with Crippen LogP contribution in [0, 0.1) is 5.82 Å². The number of halogens is 2. The fourth-order valence-corrected chi connectivity index (χ4v) is 1.65. The zero-order valence-electron chi connectivity index (χ0n) is 9.15. The summed E-state index contributed by atoms with van der Waals surface area (Å²) < 4.78 is 14.6. The number of carbonyl (C=O) groups excluding carboxylic acids is 1. The molecule has 2 aromatic rings. The molecule has 0 spiro atoms. The zero-order chi connectivity index (χ0) is 12.4. The van der Waals surface area contributed by atoms with Gasteiger partial charge < -0.3 is 0 Å². The van der Waals surface area contributed by atoms with Crippen LogP contribution in [0.4, 0.5) is 4.39 Å². The minimum atomic E-state index is -0.344. The predicted molar refractivity (Wildman–Crippen MR) is 62.7 cm³/mol. The van der Waals surface area contributed by atoms with Crippen LogP contribution in [0.25, 0.3) is 0 Å². The van der Waals surface area contributed by atoms with Gasteiger partial charge >= 0.3 is 0 Å². The van der Waals surface area contributed by atoms with E-state index < -0.39 is 0 Å². The summed E-state index contributed by atoms with van der Waals surface area (Å²) >= 11 is 5.94. The van der Waals surface area contributed by atoms with Crippen LogP contribution >= 0.6 is 11.6 Å². The first kappa shape index (κ1) is 11.8. The van der Waals surface area contributed by atoms with Gasteiger partial charge in [-0.1, -0.05) is 11.6 Å². The van der Waals surface area contributed by atoms with Gasteiger partial charge in [0, 0.05) is 11.2 Å². The molecule has 0 aliphatic carbocycles. The second kappa shape index (κ2) is 4.67. The maximum atomic E-state index is 13.0. The van der Waals surface area contributed by atoms with E-state index in [2.05, 4.69) is 5.10 Å². The van der Waals surface area contributed by atoms with Crippen LogP contribution < -0.4 is 0 Å². The summed E-state index contributed by atoms with van der Waals surface area (Å²) in [5, 5.41) is 4.50. The lowest BCUT2D eigenvalue weighted by Gasteiger charge is -2.04. The van der Waals surface area contributed by atoms with Gasteiger partial charge in [-0.2, -0.15) is 5.10 Å². The van der Waals surface area contributed by atoms with E-state index in [4.69, 9.17) is 11.6 Å². The van der Waals surface area contributed by atoms with Crippen LogP contribution in [0.3, 0.4) is 0 Å². The molecule has 1 heterocycles. The number of hydrogen-bond donors (Lipinski definition) is 0. The van der Waals surface area contributed by atoms with E-state index in [1.165, 1.54) is 31.3 Å². The van der Waals surface area contributed by atoms with Gasteiger partial charge in [0.05, 0.1) is 18.3 Å². The number of benzene rings is 1. The number of rotatable bonds is 3. The highest BCUT2D eigenvalue weighted by molar-refractivity contribution is 6.31. The minimum Gasteiger partial charge on any atom is -0.294 e. The molecule has 0 aliphatic heterocycles. The van der Waals surface area contributed by atoms with Crippen molar-refractivity contribution in [3.63, 3.8) is 0 Å². The Kier molecular flexibility index (Phi) is 3.24. The highest BCUT2D eigenvalue weighted by Crippen LogP contribution is 2.18. The molecule has 0 unspecified atom stereocenters. The molecule has 2 rings (SSSR count). The first-order valence-electron chi connectivity index (χ1n) is 5.03. The summed E-state index contributed by atoms with van der Waals surface area (Å²) in [5.74, 6) is -0.398. The van der Waals surface area contributed by atoms with E-state index in [-0.39, 0.29) is 11.6 Å². The summed E-state index contributed by atoms with van der Waals surface area (Å²) in [6.45, 7) is 1.81. The molecule has 0 atom stereocenters. The van der Waals surface area contributed by atoms with Crippen LogP contribution in [0.15, 0.2) is 30.6 Å². The van der Waals surface area contributed by atoms with Crippen molar-refractivity contribution in [1.82, 2.24) is 9.78 Å². The van der Waals surface area contributed by atoms with Gasteiger partial charge in [-0.25, -0.2) is 4.39 Å². The molecular formula is C12H10ClFN2O. The molecule has 0 amide bonds. The van der Waals surface area contributed by atoms with E-state index in [9.17, 15) is 9.18 Å². The number of ketones is 1. The average molecular weight is 253 g/mol. The van der Waals surface area contributed by atoms with Gasteiger partial charge in [0.15, 0.2) is 5.78 Å². The molecule has 1 aromatic heterocycles. The number of carbonyl (C=O) groups is 1. The summed E-state index contributed by atoms with van der Waals surface area (Å²) in [6.07, 6.45) is 3.10. The molecular weight excluding hydrogens is 243 g/mol. The Labute approximate surface area is 103 Å². The van der Waals surface area contributed by atoms with Crippen molar-refractivity contribution >= 4 is 17.4 Å². The quantitative estimate of drug-likeness (QED) is 0.788. The Hall–Kier alpha value is -1.68. The van der Waals surface area contributed by atoms with Crippen LogP contribution in [0.1, 0.15) is 22.8 Å². The summed E-state index contributed by atoms with van der Waals surface area (Å²) in [6, 6.07) is 4.16. The first-order valence-corrected chi connectivity index (χ1v) is 5.41. The van der Waals surface area contributed by atoms with Crippen LogP contribution in [0.5, 0.6) is 0 Å². The third kappa shape index (κ3) is 2.71. The van der Waals surface area contributed by atoms with Crippen molar-refractivity contribution in [2.24, 2.45) is 0 Å². The third-order valence-corrected chi connectivity index (χ3v) is 2.75. The number of nitrogens with zero attached hydrogens (tertiary/aromatic N) is 2. The molecule has 0 radical (unpaired) electrons. The van der Waals surface area contributed by atoms with E-state index >= 15 is 0 Å². The summed E-state index contributed by atoms with van der Waals surface area (Å²) in [5.41, 5.74) is 1.15. The maximum Gasteiger partial charge on any atom is 0.162 e. The molecule has 5 heteroatoms. The minimum absolute atomic E-state index is 0.0541. The molecule has 0 bridgehead atoms. The second-order valence-electron chi connectivity index (χ2n) is 3.72. The lowest BCUT2D eigenvalue weighted by atomic mass is 10.2. The van der Waals surface area contributed by atoms with Gasteiger partial charge in [0.1, 0.15) is 5.82 Å². The standard InChI is InChI=1S/C12H10ClFN2O/c1-8(17)10-5-15-16(7-10)6-9-4-11(14)2-3-12(9)13/h2-5,7H,6H2,1H3. The van der Waals surface area contributed by atoms with Crippen molar-refractivity contribution in [2.45, 2.75) is 13.5 Å². The zero-order valence-corrected chi connectivity index (χ0v) is 9.91. The average Bonchev–Trinajstić information content (AvgIpc) is 2.72. The highest BCUT2D eigenvalue weighted by Gasteiger charge is 2.06. The SMILES string of the molecule is CC(=O)c1cnn(Cc2cc(F)ccc2Cl)c1. The Morgan fingerprint density at radius 1 is 1.53 bits per heavy atom. The summed E-state index contributed by atoms with van der Waals surface area (Å²) in [4.78, 5) is 11.1. The fraction of sp³-hybridized carbons (Fsp3) is 0.167. The largest absolute Gasteiger partial charge is 0.294 e. The van der Waals surface area contributed by atoms with Crippen molar-refractivity contribution < 1.29 is 9.18 Å². The Morgan fingerprint density at radius 3 is 2.94 bits per heavy atom. The summed E-state index contributed by atoms with van der Waals surface area (Å²) in [7, 11) is 0. The molecule has 3 nitrogen and oxygen atoms in total. The van der Waals surface area contributed by atoms with E-state index in [0.29, 0.717) is 22.7 Å². The fourth-order valence-electron chi connectivity index (χ4n) is 1.47. The molecule has 17 heavy (non-hydrogen) atoms. The number of aromatic nitrogens is 2. The van der Waals surface area contributed by atoms with Crippen LogP contribution in [-0.4, -0.2) is 15.6 Å². The molecule has 0 saturated heterocycles. The van der Waals surface area contributed by atoms with Crippen molar-refractivity contribution in [3.05, 3.63) is 52.6 Å². The number of Topliss-reactive ketones (excluding diaryl/α,β-unsaturated/α-hetero) is 1. The van der Waals surface area contributed by atoms with Gasteiger partial charge in [0.2, 0.25) is 0 Å². The predicted octanol–water partition coefficient (Wildman–Crippen LogP) is 2.93. The van der Waals surface area contributed by atoms with Crippen molar-refractivity contribution in [1.29, 1.82) is 0 Å². The van der Waals surface area contributed by atoms with Gasteiger partial charge in [0.25, 0.3) is 0 Å². The van der Waals surface area contributed by atoms with Crippen LogP contribution in [-0.2, 0) is 6.54 Å². The molecule has 0 aliphatic rings.